The molecule has 0 saturated heterocycles. The average molecular weight is 327 g/mol. The molecule has 0 aromatic heterocycles. The number of benzene rings is 1. The standard InChI is InChI=1S/C14H18N.HI/c1-14-10-6-5-9-13(14)15(2)12-8-4-3-7-11(12)14;/h3-4,7-8H,5-6,9-10H2,1-2H3;1H/q+1;/p-1. The second-order valence-corrected chi connectivity index (χ2v) is 5.06. The molecule has 86 valence electrons. The Kier molecular flexibility index (Phi) is 3.12. The van der Waals surface area contributed by atoms with Crippen molar-refractivity contribution in [2.75, 3.05) is 7.05 Å². The van der Waals surface area contributed by atoms with Crippen LogP contribution in [0.5, 0.6) is 0 Å². The summed E-state index contributed by atoms with van der Waals surface area (Å²) >= 11 is 0. The minimum Gasteiger partial charge on any atom is -1.00 e. The number of para-hydroxylation sites is 1. The molecule has 16 heavy (non-hydrogen) atoms. The van der Waals surface area contributed by atoms with Crippen molar-refractivity contribution in [1.29, 1.82) is 0 Å². The Morgan fingerprint density at radius 3 is 2.75 bits per heavy atom. The van der Waals surface area contributed by atoms with Crippen molar-refractivity contribution in [2.24, 2.45) is 0 Å². The van der Waals surface area contributed by atoms with Gasteiger partial charge in [-0.15, -0.1) is 0 Å². The normalized spacial score (nSPS) is 27.1. The molecule has 1 nitrogen and oxygen atoms in total. The molecule has 1 aliphatic heterocycles. The summed E-state index contributed by atoms with van der Waals surface area (Å²) in [6, 6.07) is 8.89. The molecule has 1 heterocycles. The van der Waals surface area contributed by atoms with Gasteiger partial charge in [0.2, 0.25) is 5.69 Å². The summed E-state index contributed by atoms with van der Waals surface area (Å²) in [5, 5.41) is 0. The molecule has 3 rings (SSSR count). The van der Waals surface area contributed by atoms with Crippen molar-refractivity contribution < 1.29 is 28.6 Å². The van der Waals surface area contributed by atoms with E-state index in [4.69, 9.17) is 0 Å². The minimum atomic E-state index is 0. The lowest BCUT2D eigenvalue weighted by molar-refractivity contribution is -0.404. The number of nitrogens with zero attached hydrogens (tertiary/aromatic N) is 1. The van der Waals surface area contributed by atoms with E-state index in [1.165, 1.54) is 31.4 Å². The minimum absolute atomic E-state index is 0. The van der Waals surface area contributed by atoms with Crippen LogP contribution in [0.4, 0.5) is 5.69 Å². The molecule has 1 atom stereocenters. The monoisotopic (exact) mass is 327 g/mol. The summed E-state index contributed by atoms with van der Waals surface area (Å²) in [4.78, 5) is 0. The topological polar surface area (TPSA) is 3.01 Å². The van der Waals surface area contributed by atoms with Gasteiger partial charge in [0.05, 0.1) is 5.41 Å². The van der Waals surface area contributed by atoms with Gasteiger partial charge in [-0.25, -0.2) is 4.58 Å². The fourth-order valence-corrected chi connectivity index (χ4v) is 3.40. The van der Waals surface area contributed by atoms with Gasteiger partial charge < -0.3 is 24.0 Å². The van der Waals surface area contributed by atoms with Crippen LogP contribution >= 0.6 is 0 Å². The smallest absolute Gasteiger partial charge is 0.209 e. The summed E-state index contributed by atoms with van der Waals surface area (Å²) in [6.45, 7) is 2.42. The Morgan fingerprint density at radius 2 is 1.94 bits per heavy atom. The second-order valence-electron chi connectivity index (χ2n) is 5.06. The summed E-state index contributed by atoms with van der Waals surface area (Å²) < 4.78 is 2.43. The molecule has 0 N–H and O–H groups in total. The number of rotatable bonds is 0. The summed E-state index contributed by atoms with van der Waals surface area (Å²) in [7, 11) is 2.23. The van der Waals surface area contributed by atoms with Crippen LogP contribution in [0.15, 0.2) is 24.3 Å². The van der Waals surface area contributed by atoms with E-state index < -0.39 is 0 Å². The van der Waals surface area contributed by atoms with Crippen LogP contribution in [0, 0.1) is 0 Å². The van der Waals surface area contributed by atoms with Crippen LogP contribution in [-0.4, -0.2) is 17.3 Å². The van der Waals surface area contributed by atoms with Gasteiger partial charge in [0.1, 0.15) is 7.05 Å². The third-order valence-electron chi connectivity index (χ3n) is 4.24. The molecule has 0 spiro atoms. The highest BCUT2D eigenvalue weighted by molar-refractivity contribution is 5.95. The number of fused-ring (bicyclic) bond motifs is 3. The highest BCUT2D eigenvalue weighted by Gasteiger charge is 2.48. The number of hydrogen-bond acceptors (Lipinski definition) is 0. The molecule has 1 aromatic carbocycles. The van der Waals surface area contributed by atoms with Crippen molar-refractivity contribution in [3.63, 3.8) is 0 Å². The number of hydrogen-bond donors (Lipinski definition) is 0. The summed E-state index contributed by atoms with van der Waals surface area (Å²) in [5.74, 6) is 0. The van der Waals surface area contributed by atoms with Crippen LogP contribution in [-0.2, 0) is 5.41 Å². The van der Waals surface area contributed by atoms with Gasteiger partial charge in [-0.2, -0.15) is 0 Å². The zero-order chi connectivity index (χ0) is 10.5. The molecule has 0 bridgehead atoms. The van der Waals surface area contributed by atoms with E-state index in [-0.39, 0.29) is 24.0 Å². The highest BCUT2D eigenvalue weighted by atomic mass is 127. The first kappa shape index (κ1) is 12.1. The van der Waals surface area contributed by atoms with E-state index in [2.05, 4.69) is 42.8 Å². The average Bonchev–Trinajstić information content (AvgIpc) is 2.50. The van der Waals surface area contributed by atoms with E-state index in [0.717, 1.165) is 0 Å². The van der Waals surface area contributed by atoms with Gasteiger partial charge in [-0.1, -0.05) is 24.6 Å². The van der Waals surface area contributed by atoms with Crippen LogP contribution in [0.25, 0.3) is 0 Å². The maximum absolute atomic E-state index is 2.43. The Labute approximate surface area is 115 Å². The van der Waals surface area contributed by atoms with Crippen LogP contribution in [0.3, 0.4) is 0 Å². The van der Waals surface area contributed by atoms with E-state index in [9.17, 15) is 0 Å². The van der Waals surface area contributed by atoms with Gasteiger partial charge in [0.25, 0.3) is 0 Å². The third-order valence-corrected chi connectivity index (χ3v) is 4.24. The highest BCUT2D eigenvalue weighted by Crippen LogP contribution is 2.45. The van der Waals surface area contributed by atoms with Gasteiger partial charge >= 0.3 is 0 Å². The Hall–Kier alpha value is -0.380. The largest absolute Gasteiger partial charge is 1.00 e. The summed E-state index contributed by atoms with van der Waals surface area (Å²) in [6.07, 6.45) is 5.34. The lowest BCUT2D eigenvalue weighted by Crippen LogP contribution is -3.00. The first-order valence-electron chi connectivity index (χ1n) is 5.93. The SMILES string of the molecule is C[N+]1=C2CCCCC2(C)c2ccccc21.[I-]. The molecule has 1 aliphatic carbocycles. The maximum atomic E-state index is 2.43. The Bertz CT molecular complexity index is 450. The van der Waals surface area contributed by atoms with Crippen LogP contribution < -0.4 is 24.0 Å². The molecule has 1 saturated carbocycles. The predicted molar refractivity (Wildman–Crippen MR) is 63.1 cm³/mol. The zero-order valence-corrected chi connectivity index (χ0v) is 12.1. The fraction of sp³-hybridized carbons (Fsp3) is 0.500. The fourth-order valence-electron chi connectivity index (χ4n) is 3.40. The first-order chi connectivity index (χ1) is 7.23. The predicted octanol–water partition coefficient (Wildman–Crippen LogP) is 0.251. The van der Waals surface area contributed by atoms with Crippen molar-refractivity contribution in [1.82, 2.24) is 0 Å². The van der Waals surface area contributed by atoms with Crippen LogP contribution in [0.2, 0.25) is 0 Å². The van der Waals surface area contributed by atoms with Gasteiger partial charge in [0.15, 0.2) is 5.71 Å². The van der Waals surface area contributed by atoms with Gasteiger partial charge in [-0.05, 0) is 19.8 Å². The Morgan fingerprint density at radius 1 is 1.19 bits per heavy atom. The molecule has 0 amide bonds. The van der Waals surface area contributed by atoms with Crippen molar-refractivity contribution in [3.8, 4) is 0 Å². The van der Waals surface area contributed by atoms with Crippen molar-refractivity contribution >= 4 is 11.4 Å². The third kappa shape index (κ3) is 1.45. The molecule has 2 aliphatic rings. The van der Waals surface area contributed by atoms with E-state index in [1.54, 1.807) is 11.3 Å². The summed E-state index contributed by atoms with van der Waals surface area (Å²) in [5.41, 5.74) is 4.94. The first-order valence-corrected chi connectivity index (χ1v) is 5.93. The Balaban J connectivity index is 0.000000963. The lowest BCUT2D eigenvalue weighted by atomic mass is 9.71. The van der Waals surface area contributed by atoms with E-state index >= 15 is 0 Å². The second kappa shape index (κ2) is 4.13. The van der Waals surface area contributed by atoms with Crippen molar-refractivity contribution in [2.45, 2.75) is 38.0 Å². The van der Waals surface area contributed by atoms with E-state index in [0.29, 0.717) is 5.41 Å². The maximum Gasteiger partial charge on any atom is 0.209 e. The molecule has 2 heteroatoms. The molecule has 1 unspecified atom stereocenters. The molecular formula is C14H18IN. The van der Waals surface area contributed by atoms with Gasteiger partial charge in [-0.3, -0.25) is 0 Å². The number of halogens is 1. The van der Waals surface area contributed by atoms with E-state index in [1.807, 2.05) is 0 Å². The molecule has 1 aromatic rings. The van der Waals surface area contributed by atoms with Crippen molar-refractivity contribution in [3.05, 3.63) is 29.8 Å². The van der Waals surface area contributed by atoms with Crippen LogP contribution in [0.1, 0.15) is 38.2 Å². The quantitative estimate of drug-likeness (QED) is 0.475. The molecule has 0 radical (unpaired) electrons. The zero-order valence-electron chi connectivity index (χ0n) is 9.96. The van der Waals surface area contributed by atoms with Gasteiger partial charge in [0, 0.05) is 18.1 Å². The molecular weight excluding hydrogens is 309 g/mol. The molecule has 1 fully saturated rings. The lowest BCUT2D eigenvalue weighted by Gasteiger charge is -2.27.